The van der Waals surface area contributed by atoms with Crippen molar-refractivity contribution in [1.82, 2.24) is 10.2 Å². The van der Waals surface area contributed by atoms with E-state index in [0.717, 1.165) is 6.54 Å². The van der Waals surface area contributed by atoms with Crippen LogP contribution in [-0.4, -0.2) is 48.1 Å². The van der Waals surface area contributed by atoms with E-state index in [1.807, 2.05) is 6.92 Å². The van der Waals surface area contributed by atoms with E-state index < -0.39 is 11.9 Å². The fourth-order valence-electron chi connectivity index (χ4n) is 3.73. The van der Waals surface area contributed by atoms with Crippen LogP contribution in [-0.2, 0) is 9.59 Å². The number of aliphatic carboxylic acids is 1. The Morgan fingerprint density at radius 3 is 2.48 bits per heavy atom. The summed E-state index contributed by atoms with van der Waals surface area (Å²) >= 11 is 0. The van der Waals surface area contributed by atoms with Gasteiger partial charge in [0.2, 0.25) is 5.91 Å². The van der Waals surface area contributed by atoms with Crippen molar-refractivity contribution >= 4 is 11.9 Å². The summed E-state index contributed by atoms with van der Waals surface area (Å²) in [4.78, 5) is 25.9. The molecule has 0 aromatic carbocycles. The number of rotatable bonds is 6. The Kier molecular flexibility index (Phi) is 5.62. The third-order valence-electron chi connectivity index (χ3n) is 4.85. The molecule has 4 unspecified atom stereocenters. The molecule has 1 aliphatic carbocycles. The maximum Gasteiger partial charge on any atom is 0.307 e. The number of amides is 1. The molecule has 5 heteroatoms. The van der Waals surface area contributed by atoms with Crippen LogP contribution < -0.4 is 5.32 Å². The molecule has 1 saturated carbocycles. The highest BCUT2D eigenvalue weighted by Crippen LogP contribution is 2.36. The predicted molar refractivity (Wildman–Crippen MR) is 80.9 cm³/mol. The number of hydrogen-bond acceptors (Lipinski definition) is 3. The van der Waals surface area contributed by atoms with Crippen molar-refractivity contribution in [2.45, 2.75) is 39.5 Å². The zero-order valence-corrected chi connectivity index (χ0v) is 13.2. The first-order chi connectivity index (χ1) is 9.97. The normalized spacial score (nSPS) is 31.2. The third-order valence-corrected chi connectivity index (χ3v) is 4.85. The van der Waals surface area contributed by atoms with Crippen LogP contribution in [0.25, 0.3) is 0 Å². The summed E-state index contributed by atoms with van der Waals surface area (Å²) in [6, 6.07) is 0. The molecule has 2 N–H and O–H groups in total. The SMILES string of the molecule is CC1CC(C(=O)O)C(C(=O)NCC(C)CN2CCCC2)C1. The van der Waals surface area contributed by atoms with Gasteiger partial charge in [0, 0.05) is 13.1 Å². The molecule has 1 aliphatic heterocycles. The van der Waals surface area contributed by atoms with E-state index in [9.17, 15) is 14.7 Å². The van der Waals surface area contributed by atoms with Gasteiger partial charge in [0.25, 0.3) is 0 Å². The Bertz CT molecular complexity index is 380. The molecule has 1 amide bonds. The molecular formula is C16H28N2O3. The summed E-state index contributed by atoms with van der Waals surface area (Å²) in [5, 5.41) is 12.2. The van der Waals surface area contributed by atoms with Crippen LogP contribution >= 0.6 is 0 Å². The molecule has 1 heterocycles. The van der Waals surface area contributed by atoms with E-state index in [4.69, 9.17) is 0 Å². The number of nitrogens with zero attached hydrogens (tertiary/aromatic N) is 1. The summed E-state index contributed by atoms with van der Waals surface area (Å²) in [6.07, 6.45) is 3.87. The first-order valence-electron chi connectivity index (χ1n) is 8.20. The highest BCUT2D eigenvalue weighted by Gasteiger charge is 2.41. The molecule has 0 spiro atoms. The molecule has 21 heavy (non-hydrogen) atoms. The van der Waals surface area contributed by atoms with Crippen LogP contribution in [0.2, 0.25) is 0 Å². The standard InChI is InChI=1S/C16H28N2O3/c1-11-7-13(14(8-11)16(20)21)15(19)17-9-12(2)10-18-5-3-4-6-18/h11-14H,3-10H2,1-2H3,(H,17,19)(H,20,21). The van der Waals surface area contributed by atoms with Gasteiger partial charge >= 0.3 is 5.97 Å². The van der Waals surface area contributed by atoms with Gasteiger partial charge in [0.05, 0.1) is 11.8 Å². The van der Waals surface area contributed by atoms with Crippen LogP contribution in [0.4, 0.5) is 0 Å². The van der Waals surface area contributed by atoms with Gasteiger partial charge in [0.15, 0.2) is 0 Å². The summed E-state index contributed by atoms with van der Waals surface area (Å²) in [7, 11) is 0. The van der Waals surface area contributed by atoms with Gasteiger partial charge in [-0.2, -0.15) is 0 Å². The topological polar surface area (TPSA) is 69.6 Å². The maximum absolute atomic E-state index is 12.3. The van der Waals surface area contributed by atoms with Gasteiger partial charge in [-0.1, -0.05) is 13.8 Å². The van der Waals surface area contributed by atoms with Gasteiger partial charge < -0.3 is 15.3 Å². The number of nitrogens with one attached hydrogen (secondary N) is 1. The Morgan fingerprint density at radius 1 is 1.24 bits per heavy atom. The van der Waals surface area contributed by atoms with Gasteiger partial charge in [-0.25, -0.2) is 0 Å². The summed E-state index contributed by atoms with van der Waals surface area (Å²) in [5.41, 5.74) is 0. The quantitative estimate of drug-likeness (QED) is 0.781. The highest BCUT2D eigenvalue weighted by molar-refractivity contribution is 5.85. The van der Waals surface area contributed by atoms with Crippen molar-refractivity contribution in [3.63, 3.8) is 0 Å². The van der Waals surface area contributed by atoms with E-state index in [1.54, 1.807) is 0 Å². The van der Waals surface area contributed by atoms with Crippen LogP contribution in [0.15, 0.2) is 0 Å². The van der Waals surface area contributed by atoms with Gasteiger partial charge in [-0.05, 0) is 50.6 Å². The lowest BCUT2D eigenvalue weighted by Crippen LogP contribution is -2.39. The van der Waals surface area contributed by atoms with Crippen molar-refractivity contribution in [3.8, 4) is 0 Å². The van der Waals surface area contributed by atoms with Crippen molar-refractivity contribution in [2.75, 3.05) is 26.2 Å². The number of carbonyl (C=O) groups is 2. The zero-order valence-electron chi connectivity index (χ0n) is 13.2. The van der Waals surface area contributed by atoms with E-state index in [0.29, 0.717) is 31.2 Å². The van der Waals surface area contributed by atoms with E-state index in [2.05, 4.69) is 17.1 Å². The molecular weight excluding hydrogens is 268 g/mol. The summed E-state index contributed by atoms with van der Waals surface area (Å²) < 4.78 is 0. The number of likely N-dealkylation sites (tertiary alicyclic amines) is 1. The second-order valence-corrected chi connectivity index (χ2v) is 6.99. The highest BCUT2D eigenvalue weighted by atomic mass is 16.4. The van der Waals surface area contributed by atoms with Crippen molar-refractivity contribution in [1.29, 1.82) is 0 Å². The number of carbonyl (C=O) groups excluding carboxylic acids is 1. The molecule has 1 saturated heterocycles. The molecule has 0 radical (unpaired) electrons. The fourth-order valence-corrected chi connectivity index (χ4v) is 3.73. The number of carboxylic acids is 1. The second kappa shape index (κ2) is 7.25. The average molecular weight is 296 g/mol. The first kappa shape index (κ1) is 16.3. The van der Waals surface area contributed by atoms with Crippen molar-refractivity contribution in [2.24, 2.45) is 23.7 Å². The summed E-state index contributed by atoms with van der Waals surface area (Å²) in [6.45, 7) is 8.17. The average Bonchev–Trinajstić information content (AvgIpc) is 3.05. The number of hydrogen-bond donors (Lipinski definition) is 2. The smallest absolute Gasteiger partial charge is 0.307 e. The Morgan fingerprint density at radius 2 is 1.86 bits per heavy atom. The minimum absolute atomic E-state index is 0.0694. The lowest BCUT2D eigenvalue weighted by atomic mass is 9.95. The Hall–Kier alpha value is -1.10. The molecule has 0 bridgehead atoms. The monoisotopic (exact) mass is 296 g/mol. The molecule has 4 atom stereocenters. The van der Waals surface area contributed by atoms with E-state index in [-0.39, 0.29) is 11.8 Å². The van der Waals surface area contributed by atoms with Crippen LogP contribution in [0.5, 0.6) is 0 Å². The molecule has 0 aromatic heterocycles. The maximum atomic E-state index is 12.3. The van der Waals surface area contributed by atoms with E-state index >= 15 is 0 Å². The molecule has 5 nitrogen and oxygen atoms in total. The fraction of sp³-hybridized carbons (Fsp3) is 0.875. The van der Waals surface area contributed by atoms with Crippen molar-refractivity contribution in [3.05, 3.63) is 0 Å². The lowest BCUT2D eigenvalue weighted by molar-refractivity contribution is -0.146. The predicted octanol–water partition coefficient (Wildman–Crippen LogP) is 1.58. The van der Waals surface area contributed by atoms with Gasteiger partial charge in [-0.15, -0.1) is 0 Å². The van der Waals surface area contributed by atoms with Gasteiger partial charge in [0.1, 0.15) is 0 Å². The Balaban J connectivity index is 1.76. The third kappa shape index (κ3) is 4.43. The molecule has 120 valence electrons. The van der Waals surface area contributed by atoms with Gasteiger partial charge in [-0.3, -0.25) is 9.59 Å². The zero-order chi connectivity index (χ0) is 15.4. The minimum atomic E-state index is -0.829. The van der Waals surface area contributed by atoms with Crippen molar-refractivity contribution < 1.29 is 14.7 Å². The van der Waals surface area contributed by atoms with Crippen LogP contribution in [0, 0.1) is 23.7 Å². The molecule has 2 fully saturated rings. The largest absolute Gasteiger partial charge is 0.481 e. The van der Waals surface area contributed by atoms with Crippen LogP contribution in [0.1, 0.15) is 39.5 Å². The molecule has 2 aliphatic rings. The second-order valence-electron chi connectivity index (χ2n) is 6.99. The first-order valence-corrected chi connectivity index (χ1v) is 8.20. The number of carboxylic acid groups (broad SMARTS) is 1. The molecule has 2 rings (SSSR count). The Labute approximate surface area is 127 Å². The molecule has 0 aromatic rings. The van der Waals surface area contributed by atoms with Crippen LogP contribution in [0.3, 0.4) is 0 Å². The lowest BCUT2D eigenvalue weighted by Gasteiger charge is -2.22. The van der Waals surface area contributed by atoms with E-state index in [1.165, 1.54) is 25.9 Å². The summed E-state index contributed by atoms with van der Waals surface area (Å²) in [5.74, 6) is -1.02. The minimum Gasteiger partial charge on any atom is -0.481 e.